The number of amides is 1. The summed E-state index contributed by atoms with van der Waals surface area (Å²) < 4.78 is 24.1. The molecule has 0 unspecified atom stereocenters. The average molecular weight is 557 g/mol. The monoisotopic (exact) mass is 556 g/mol. The second-order valence-corrected chi connectivity index (χ2v) is 13.0. The van der Waals surface area contributed by atoms with Crippen LogP contribution in [0.15, 0.2) is 65.7 Å². The van der Waals surface area contributed by atoms with Crippen LogP contribution in [-0.2, 0) is 16.4 Å². The maximum absolute atomic E-state index is 12.8. The first kappa shape index (κ1) is 26.3. The number of nitrogens with two attached hydrogens (primary N) is 1. The highest BCUT2D eigenvalue weighted by atomic mass is 32.2. The van der Waals surface area contributed by atoms with Crippen molar-refractivity contribution in [3.8, 4) is 11.4 Å². The van der Waals surface area contributed by atoms with Crippen LogP contribution in [-0.4, -0.2) is 54.7 Å². The number of nitrogens with one attached hydrogen (secondary N) is 1. The topological polar surface area (TPSA) is 131 Å². The number of fused-ring (bicyclic) bond motifs is 1. The summed E-state index contributed by atoms with van der Waals surface area (Å²) in [6.45, 7) is 3.74. The molecule has 2 fully saturated rings. The smallest absolute Gasteiger partial charge is 0.251 e. The molecular formula is C30H32N6O3S. The van der Waals surface area contributed by atoms with Crippen LogP contribution in [0.2, 0.25) is 0 Å². The number of carbonyl (C=O) groups is 1. The molecule has 1 saturated heterocycles. The third-order valence-corrected chi connectivity index (χ3v) is 9.36. The van der Waals surface area contributed by atoms with Gasteiger partial charge in [-0.2, -0.15) is 0 Å². The average Bonchev–Trinajstić information content (AvgIpc) is 3.72. The summed E-state index contributed by atoms with van der Waals surface area (Å²) in [5.74, 6) is 0.576. The SMILES string of the molecule is Cc1ccc(C(=O)NCc2cc3nc(-c4cccc(N5CC[C@@H](N)C6(CC6)C5)n4)ccc3cn2)cc1S(C)(=O)=O. The zero-order valence-corrected chi connectivity index (χ0v) is 23.4. The maximum atomic E-state index is 12.8. The summed E-state index contributed by atoms with van der Waals surface area (Å²) in [4.78, 5) is 29.5. The van der Waals surface area contributed by atoms with Gasteiger partial charge in [-0.15, -0.1) is 0 Å². The molecule has 3 aromatic heterocycles. The van der Waals surface area contributed by atoms with Crippen molar-refractivity contribution in [3.63, 3.8) is 0 Å². The first-order chi connectivity index (χ1) is 19.1. The number of pyridine rings is 3. The zero-order chi connectivity index (χ0) is 28.1. The van der Waals surface area contributed by atoms with Crippen molar-refractivity contribution in [1.29, 1.82) is 0 Å². The molecule has 9 nitrogen and oxygen atoms in total. The van der Waals surface area contributed by atoms with E-state index in [-0.39, 0.29) is 34.4 Å². The molecule has 1 spiro atoms. The molecule has 0 radical (unpaired) electrons. The Balaban J connectivity index is 1.19. The molecule has 10 heteroatoms. The van der Waals surface area contributed by atoms with E-state index >= 15 is 0 Å². The molecular weight excluding hydrogens is 524 g/mol. The van der Waals surface area contributed by atoms with Crippen molar-refractivity contribution in [3.05, 3.63) is 77.6 Å². The molecule has 6 rings (SSSR count). The lowest BCUT2D eigenvalue weighted by atomic mass is 9.90. The van der Waals surface area contributed by atoms with Gasteiger partial charge in [-0.1, -0.05) is 12.1 Å². The van der Waals surface area contributed by atoms with Gasteiger partial charge in [0.1, 0.15) is 5.82 Å². The minimum absolute atomic E-state index is 0.147. The number of aryl methyl sites for hydroxylation is 1. The van der Waals surface area contributed by atoms with Crippen LogP contribution in [0, 0.1) is 12.3 Å². The number of hydrogen-bond donors (Lipinski definition) is 2. The molecule has 1 aromatic carbocycles. The summed E-state index contributed by atoms with van der Waals surface area (Å²) in [7, 11) is -3.44. The van der Waals surface area contributed by atoms with E-state index in [0.717, 1.165) is 53.9 Å². The summed E-state index contributed by atoms with van der Waals surface area (Å²) in [5.41, 5.74) is 10.5. The minimum Gasteiger partial charge on any atom is -0.356 e. The molecule has 40 heavy (non-hydrogen) atoms. The van der Waals surface area contributed by atoms with Crippen LogP contribution in [0.1, 0.15) is 40.9 Å². The highest BCUT2D eigenvalue weighted by Crippen LogP contribution is 2.51. The number of nitrogens with zero attached hydrogens (tertiary/aromatic N) is 4. The number of benzene rings is 1. The lowest BCUT2D eigenvalue weighted by Crippen LogP contribution is -2.48. The van der Waals surface area contributed by atoms with E-state index in [1.165, 1.54) is 18.9 Å². The van der Waals surface area contributed by atoms with Crippen molar-refractivity contribution in [2.75, 3.05) is 24.2 Å². The molecule has 2 aliphatic rings. The molecule has 1 aliphatic heterocycles. The Bertz CT molecular complexity index is 1730. The molecule has 4 heterocycles. The summed E-state index contributed by atoms with van der Waals surface area (Å²) in [6, 6.07) is 16.7. The molecule has 206 valence electrons. The van der Waals surface area contributed by atoms with Crippen molar-refractivity contribution < 1.29 is 13.2 Å². The van der Waals surface area contributed by atoms with E-state index in [2.05, 4.69) is 21.3 Å². The van der Waals surface area contributed by atoms with Gasteiger partial charge in [-0.25, -0.2) is 18.4 Å². The highest BCUT2D eigenvalue weighted by molar-refractivity contribution is 7.90. The Hall–Kier alpha value is -3.89. The molecule has 1 atom stereocenters. The third kappa shape index (κ3) is 5.16. The molecule has 4 aromatic rings. The van der Waals surface area contributed by atoms with E-state index in [4.69, 9.17) is 15.7 Å². The Morgan fingerprint density at radius 1 is 1.10 bits per heavy atom. The lowest BCUT2D eigenvalue weighted by Gasteiger charge is -2.38. The quantitative estimate of drug-likeness (QED) is 0.368. The number of rotatable bonds is 6. The van der Waals surface area contributed by atoms with Crippen LogP contribution in [0.3, 0.4) is 0 Å². The standard InChI is InChI=1S/C30H32N6O3S/c1-19-6-7-20(14-26(19)40(2,38)39)29(37)33-17-22-15-25-21(16-32-22)8-9-24(34-25)23-4-3-5-28(35-23)36-13-10-27(31)30(18-36)11-12-30/h3-9,14-16,27H,10-13,17-18,31H2,1-2H3,(H,33,37)/t27-/m1/s1. The Kier molecular flexibility index (Phi) is 6.54. The largest absolute Gasteiger partial charge is 0.356 e. The second-order valence-electron chi connectivity index (χ2n) is 11.1. The molecule has 1 amide bonds. The summed E-state index contributed by atoms with van der Waals surface area (Å²) in [5, 5.41) is 3.71. The molecule has 1 aliphatic carbocycles. The molecule has 1 saturated carbocycles. The van der Waals surface area contributed by atoms with Gasteiger partial charge in [0.05, 0.1) is 34.0 Å². The van der Waals surface area contributed by atoms with Crippen LogP contribution < -0.4 is 16.0 Å². The number of hydrogen-bond acceptors (Lipinski definition) is 8. The van der Waals surface area contributed by atoms with Crippen LogP contribution >= 0.6 is 0 Å². The molecule has 0 bridgehead atoms. The van der Waals surface area contributed by atoms with Crippen molar-refractivity contribution in [2.45, 2.75) is 43.7 Å². The van der Waals surface area contributed by atoms with Gasteiger partial charge < -0.3 is 16.0 Å². The van der Waals surface area contributed by atoms with Crippen LogP contribution in [0.4, 0.5) is 5.82 Å². The van der Waals surface area contributed by atoms with Gasteiger partial charge >= 0.3 is 0 Å². The van der Waals surface area contributed by atoms with Gasteiger partial charge in [0.2, 0.25) is 0 Å². The Morgan fingerprint density at radius 2 is 1.90 bits per heavy atom. The Morgan fingerprint density at radius 3 is 2.67 bits per heavy atom. The number of carbonyl (C=O) groups excluding carboxylic acids is 1. The summed E-state index contributed by atoms with van der Waals surface area (Å²) in [6.07, 6.45) is 6.24. The zero-order valence-electron chi connectivity index (χ0n) is 22.6. The lowest BCUT2D eigenvalue weighted by molar-refractivity contribution is 0.0950. The second kappa shape index (κ2) is 9.94. The van der Waals surface area contributed by atoms with Gasteiger partial charge in [0, 0.05) is 47.9 Å². The maximum Gasteiger partial charge on any atom is 0.251 e. The normalized spacial score (nSPS) is 18.2. The number of piperidine rings is 1. The van der Waals surface area contributed by atoms with Crippen molar-refractivity contribution in [2.24, 2.45) is 11.1 Å². The van der Waals surface area contributed by atoms with Crippen LogP contribution in [0.5, 0.6) is 0 Å². The highest BCUT2D eigenvalue weighted by Gasteiger charge is 2.51. The van der Waals surface area contributed by atoms with Crippen molar-refractivity contribution in [1.82, 2.24) is 20.3 Å². The van der Waals surface area contributed by atoms with Gasteiger partial charge in [-0.05, 0) is 74.2 Å². The predicted molar refractivity (Wildman–Crippen MR) is 155 cm³/mol. The van der Waals surface area contributed by atoms with E-state index in [0.29, 0.717) is 11.3 Å². The fraction of sp³-hybridized carbons (Fsp3) is 0.333. The van der Waals surface area contributed by atoms with E-state index in [9.17, 15) is 13.2 Å². The van der Waals surface area contributed by atoms with Gasteiger partial charge in [0.15, 0.2) is 9.84 Å². The van der Waals surface area contributed by atoms with Gasteiger partial charge in [-0.3, -0.25) is 9.78 Å². The fourth-order valence-electron chi connectivity index (χ4n) is 5.52. The van der Waals surface area contributed by atoms with Crippen LogP contribution in [0.25, 0.3) is 22.3 Å². The number of aromatic nitrogens is 3. The third-order valence-electron chi connectivity index (χ3n) is 8.13. The predicted octanol–water partition coefficient (Wildman–Crippen LogP) is 3.65. The minimum atomic E-state index is -3.44. The number of anilines is 1. The first-order valence-electron chi connectivity index (χ1n) is 13.4. The Labute approximate surface area is 233 Å². The molecule has 3 N–H and O–H groups in total. The van der Waals surface area contributed by atoms with Crippen molar-refractivity contribution >= 4 is 32.5 Å². The van der Waals surface area contributed by atoms with E-state index < -0.39 is 9.84 Å². The van der Waals surface area contributed by atoms with E-state index in [1.807, 2.05) is 30.3 Å². The number of sulfone groups is 1. The fourth-order valence-corrected chi connectivity index (χ4v) is 6.51. The first-order valence-corrected chi connectivity index (χ1v) is 15.3. The van der Waals surface area contributed by atoms with E-state index in [1.54, 1.807) is 25.3 Å². The van der Waals surface area contributed by atoms with Gasteiger partial charge in [0.25, 0.3) is 5.91 Å². The summed E-state index contributed by atoms with van der Waals surface area (Å²) >= 11 is 0.